The van der Waals surface area contributed by atoms with Crippen molar-refractivity contribution in [3.05, 3.63) is 34.4 Å². The number of aromatic nitrogens is 1. The van der Waals surface area contributed by atoms with Gasteiger partial charge < -0.3 is 9.30 Å². The second-order valence-electron chi connectivity index (χ2n) is 3.73. The second-order valence-corrected chi connectivity index (χ2v) is 4.65. The Bertz CT molecular complexity index is 533. The van der Waals surface area contributed by atoms with E-state index in [1.807, 2.05) is 42.9 Å². The smallest absolute Gasteiger partial charge is 0.293 e. The Morgan fingerprint density at radius 2 is 2.25 bits per heavy atom. The standard InChI is InChI=1S/C12H12BrNO2/c1-8(16-7-15)11-6-14(2)12-4-3-9(13)5-10(11)12/h3-8H,1-2H3. The van der Waals surface area contributed by atoms with Crippen molar-refractivity contribution in [2.24, 2.45) is 7.05 Å². The monoisotopic (exact) mass is 281 g/mol. The van der Waals surface area contributed by atoms with Gasteiger partial charge in [0.1, 0.15) is 6.10 Å². The number of carbonyl (C=O) groups excluding carboxylic acids is 1. The third-order valence-electron chi connectivity index (χ3n) is 2.68. The molecule has 0 radical (unpaired) electrons. The lowest BCUT2D eigenvalue weighted by atomic mass is 10.1. The molecule has 0 saturated carbocycles. The molecule has 1 aromatic carbocycles. The number of ether oxygens (including phenoxy) is 1. The van der Waals surface area contributed by atoms with Crippen LogP contribution in [0, 0.1) is 0 Å². The lowest BCUT2D eigenvalue weighted by Crippen LogP contribution is -1.96. The van der Waals surface area contributed by atoms with E-state index in [1.54, 1.807) is 0 Å². The molecule has 0 bridgehead atoms. The van der Waals surface area contributed by atoms with Crippen molar-refractivity contribution in [2.75, 3.05) is 0 Å². The average molecular weight is 282 g/mol. The summed E-state index contributed by atoms with van der Waals surface area (Å²) in [5.74, 6) is 0. The normalized spacial score (nSPS) is 12.7. The maximum atomic E-state index is 10.4. The van der Waals surface area contributed by atoms with Gasteiger partial charge in [-0.2, -0.15) is 0 Å². The number of nitrogens with zero attached hydrogens (tertiary/aromatic N) is 1. The van der Waals surface area contributed by atoms with Crippen LogP contribution in [0.15, 0.2) is 28.9 Å². The van der Waals surface area contributed by atoms with Crippen molar-refractivity contribution >= 4 is 33.3 Å². The van der Waals surface area contributed by atoms with Gasteiger partial charge in [0.05, 0.1) is 0 Å². The highest BCUT2D eigenvalue weighted by Gasteiger charge is 2.13. The highest BCUT2D eigenvalue weighted by atomic mass is 79.9. The zero-order valence-corrected chi connectivity index (χ0v) is 10.7. The van der Waals surface area contributed by atoms with Crippen LogP contribution in [-0.4, -0.2) is 11.0 Å². The molecule has 2 aromatic rings. The number of halogens is 1. The molecule has 2 rings (SSSR count). The van der Waals surface area contributed by atoms with Crippen LogP contribution in [0.25, 0.3) is 10.9 Å². The molecule has 0 aliphatic rings. The van der Waals surface area contributed by atoms with E-state index in [-0.39, 0.29) is 6.10 Å². The predicted octanol–water partition coefficient (Wildman–Crippen LogP) is 3.17. The Labute approximate surface area is 102 Å². The van der Waals surface area contributed by atoms with E-state index in [9.17, 15) is 4.79 Å². The fourth-order valence-electron chi connectivity index (χ4n) is 1.88. The Kier molecular flexibility index (Phi) is 3.01. The molecule has 0 fully saturated rings. The van der Waals surface area contributed by atoms with Gasteiger partial charge in [0.15, 0.2) is 0 Å². The first-order valence-corrected chi connectivity index (χ1v) is 5.76. The number of benzene rings is 1. The van der Waals surface area contributed by atoms with Gasteiger partial charge in [-0.05, 0) is 25.1 Å². The van der Waals surface area contributed by atoms with Gasteiger partial charge in [0.2, 0.25) is 0 Å². The van der Waals surface area contributed by atoms with Crippen LogP contribution in [0.4, 0.5) is 0 Å². The van der Waals surface area contributed by atoms with Crippen LogP contribution in [0.1, 0.15) is 18.6 Å². The minimum absolute atomic E-state index is 0.226. The van der Waals surface area contributed by atoms with E-state index < -0.39 is 0 Å². The molecule has 1 aromatic heterocycles. The van der Waals surface area contributed by atoms with Crippen LogP contribution in [0.5, 0.6) is 0 Å². The maximum Gasteiger partial charge on any atom is 0.293 e. The van der Waals surface area contributed by atoms with Gasteiger partial charge in [0, 0.05) is 34.2 Å². The minimum atomic E-state index is -0.226. The molecule has 84 valence electrons. The molecule has 4 heteroatoms. The molecular weight excluding hydrogens is 270 g/mol. The summed E-state index contributed by atoms with van der Waals surface area (Å²) in [5.41, 5.74) is 2.14. The Hall–Kier alpha value is -1.29. The van der Waals surface area contributed by atoms with Crippen molar-refractivity contribution in [3.8, 4) is 0 Å². The molecule has 3 nitrogen and oxygen atoms in total. The minimum Gasteiger partial charge on any atom is -0.460 e. The summed E-state index contributed by atoms with van der Waals surface area (Å²) in [6.07, 6.45) is 1.76. The van der Waals surface area contributed by atoms with Gasteiger partial charge >= 0.3 is 0 Å². The fraction of sp³-hybridized carbons (Fsp3) is 0.250. The maximum absolute atomic E-state index is 10.4. The van der Waals surface area contributed by atoms with Crippen LogP contribution in [0.2, 0.25) is 0 Å². The zero-order valence-electron chi connectivity index (χ0n) is 9.11. The lowest BCUT2D eigenvalue weighted by molar-refractivity contribution is -0.133. The lowest BCUT2D eigenvalue weighted by Gasteiger charge is -2.07. The third kappa shape index (κ3) is 1.85. The Morgan fingerprint density at radius 3 is 2.94 bits per heavy atom. The quantitative estimate of drug-likeness (QED) is 0.810. The van der Waals surface area contributed by atoms with Crippen molar-refractivity contribution in [3.63, 3.8) is 0 Å². The van der Waals surface area contributed by atoms with Crippen LogP contribution in [0.3, 0.4) is 0 Å². The fourth-order valence-corrected chi connectivity index (χ4v) is 2.24. The van der Waals surface area contributed by atoms with Crippen molar-refractivity contribution in [2.45, 2.75) is 13.0 Å². The van der Waals surface area contributed by atoms with Crippen LogP contribution < -0.4 is 0 Å². The Morgan fingerprint density at radius 1 is 1.50 bits per heavy atom. The SMILES string of the molecule is CC(OC=O)c1cn(C)c2ccc(Br)cc12. The van der Waals surface area contributed by atoms with Crippen molar-refractivity contribution in [1.82, 2.24) is 4.57 Å². The van der Waals surface area contributed by atoms with E-state index in [1.165, 1.54) is 0 Å². The van der Waals surface area contributed by atoms with Crippen LogP contribution in [-0.2, 0) is 16.6 Å². The summed E-state index contributed by atoms with van der Waals surface area (Å²) in [6.45, 7) is 2.35. The molecule has 0 amide bonds. The van der Waals surface area contributed by atoms with E-state index >= 15 is 0 Å². The third-order valence-corrected chi connectivity index (χ3v) is 3.17. The predicted molar refractivity (Wildman–Crippen MR) is 66.2 cm³/mol. The van der Waals surface area contributed by atoms with Crippen molar-refractivity contribution < 1.29 is 9.53 Å². The summed E-state index contributed by atoms with van der Waals surface area (Å²) in [4.78, 5) is 10.4. The molecule has 1 heterocycles. The molecule has 0 spiro atoms. The summed E-state index contributed by atoms with van der Waals surface area (Å²) in [5, 5.41) is 1.10. The van der Waals surface area contributed by atoms with E-state index in [0.29, 0.717) is 6.47 Å². The van der Waals surface area contributed by atoms with Crippen LogP contribution >= 0.6 is 15.9 Å². The first kappa shape index (κ1) is 11.2. The molecule has 0 saturated heterocycles. The summed E-state index contributed by atoms with van der Waals surface area (Å²) in [6, 6.07) is 6.07. The summed E-state index contributed by atoms with van der Waals surface area (Å²) < 4.78 is 8.03. The molecule has 1 unspecified atom stereocenters. The molecule has 1 atom stereocenters. The molecule has 0 N–H and O–H groups in total. The first-order valence-electron chi connectivity index (χ1n) is 4.97. The first-order chi connectivity index (χ1) is 7.63. The van der Waals surface area contributed by atoms with E-state index in [4.69, 9.17) is 4.74 Å². The number of rotatable bonds is 3. The molecule has 0 aliphatic heterocycles. The van der Waals surface area contributed by atoms with Crippen molar-refractivity contribution in [1.29, 1.82) is 0 Å². The van der Waals surface area contributed by atoms with E-state index in [0.717, 1.165) is 20.9 Å². The number of hydrogen-bond acceptors (Lipinski definition) is 2. The summed E-state index contributed by atoms with van der Waals surface area (Å²) >= 11 is 3.44. The molecule has 0 aliphatic carbocycles. The van der Waals surface area contributed by atoms with Gasteiger partial charge in [-0.3, -0.25) is 4.79 Å². The Balaban J connectivity index is 2.60. The largest absolute Gasteiger partial charge is 0.460 e. The van der Waals surface area contributed by atoms with Gasteiger partial charge in [-0.15, -0.1) is 0 Å². The number of fused-ring (bicyclic) bond motifs is 1. The number of hydrogen-bond donors (Lipinski definition) is 0. The van der Waals surface area contributed by atoms with Gasteiger partial charge in [-0.1, -0.05) is 15.9 Å². The number of aryl methyl sites for hydroxylation is 1. The molecule has 16 heavy (non-hydrogen) atoms. The number of carbonyl (C=O) groups is 1. The van der Waals surface area contributed by atoms with E-state index in [2.05, 4.69) is 15.9 Å². The van der Waals surface area contributed by atoms with Gasteiger partial charge in [-0.25, -0.2) is 0 Å². The average Bonchev–Trinajstić information content (AvgIpc) is 2.56. The van der Waals surface area contributed by atoms with Gasteiger partial charge in [0.25, 0.3) is 6.47 Å². The zero-order chi connectivity index (χ0) is 11.7. The summed E-state index contributed by atoms with van der Waals surface area (Å²) in [7, 11) is 1.98. The topological polar surface area (TPSA) is 31.2 Å². The highest BCUT2D eigenvalue weighted by molar-refractivity contribution is 9.10. The molecular formula is C12H12BrNO2. The highest BCUT2D eigenvalue weighted by Crippen LogP contribution is 2.29. The second kappa shape index (κ2) is 4.29.